The molecule has 1 aromatic heterocycles. The number of nitrogens with zero attached hydrogens (tertiary/aromatic N) is 2. The van der Waals surface area contributed by atoms with Gasteiger partial charge in [-0.3, -0.25) is 9.59 Å². The van der Waals surface area contributed by atoms with E-state index in [-0.39, 0.29) is 34.2 Å². The Morgan fingerprint density at radius 3 is 2.38 bits per heavy atom. The number of hydrogen-bond acceptors (Lipinski definition) is 6. The molecule has 8 heteroatoms. The van der Waals surface area contributed by atoms with Crippen molar-refractivity contribution in [2.45, 2.75) is 157 Å². The summed E-state index contributed by atoms with van der Waals surface area (Å²) in [6, 6.07) is 7.89. The third kappa shape index (κ3) is 6.57. The maximum Gasteiger partial charge on any atom is 0.309 e. The maximum atomic E-state index is 12.9. The van der Waals surface area contributed by atoms with Crippen molar-refractivity contribution in [2.24, 2.45) is 45.3 Å². The molecule has 8 atom stereocenters. The molecule has 0 spiro atoms. The van der Waals surface area contributed by atoms with Crippen LogP contribution < -0.4 is 0 Å². The van der Waals surface area contributed by atoms with Crippen LogP contribution in [-0.2, 0) is 26.2 Å². The number of esters is 1. The molecule has 0 unspecified atom stereocenters. The fourth-order valence-corrected chi connectivity index (χ4v) is 11.9. The van der Waals surface area contributed by atoms with Gasteiger partial charge >= 0.3 is 11.9 Å². The van der Waals surface area contributed by atoms with Crippen molar-refractivity contribution in [3.8, 4) is 0 Å². The molecule has 0 amide bonds. The van der Waals surface area contributed by atoms with E-state index >= 15 is 0 Å². The lowest BCUT2D eigenvalue weighted by atomic mass is 9.35. The maximum absolute atomic E-state index is 12.9. The summed E-state index contributed by atoms with van der Waals surface area (Å²) in [6.07, 6.45) is 12.0. The largest absolute Gasteiger partial charge is 0.481 e. The lowest BCUT2D eigenvalue weighted by Gasteiger charge is -2.69. The van der Waals surface area contributed by atoms with Crippen LogP contribution in [-0.4, -0.2) is 33.3 Å². The van der Waals surface area contributed by atoms with Gasteiger partial charge in [-0.2, -0.15) is 0 Å². The minimum Gasteiger partial charge on any atom is -0.481 e. The van der Waals surface area contributed by atoms with Crippen molar-refractivity contribution in [2.75, 3.05) is 0 Å². The van der Waals surface area contributed by atoms with Gasteiger partial charge in [0.05, 0.1) is 23.7 Å². The van der Waals surface area contributed by atoms with E-state index in [1.165, 1.54) is 25.7 Å². The highest BCUT2D eigenvalue weighted by atomic mass is 35.5. The molecule has 2 aromatic rings. The molecule has 3 fully saturated rings. The first-order valence-electron chi connectivity index (χ1n) is 20.1. The van der Waals surface area contributed by atoms with Crippen molar-refractivity contribution >= 4 is 23.5 Å². The zero-order valence-corrected chi connectivity index (χ0v) is 34.0. The van der Waals surface area contributed by atoms with Crippen molar-refractivity contribution in [3.05, 3.63) is 57.8 Å². The number of halogens is 1. The van der Waals surface area contributed by atoms with Crippen LogP contribution in [0.1, 0.15) is 157 Å². The number of carbonyl (C=O) groups excluding carboxylic acids is 1. The summed E-state index contributed by atoms with van der Waals surface area (Å²) in [7, 11) is 0. The molecule has 0 bridgehead atoms. The van der Waals surface area contributed by atoms with E-state index in [2.05, 4.69) is 53.6 Å². The van der Waals surface area contributed by atoms with E-state index in [9.17, 15) is 14.7 Å². The number of aliphatic carboxylic acids is 1. The van der Waals surface area contributed by atoms with Crippen LogP contribution in [0.2, 0.25) is 5.02 Å². The van der Waals surface area contributed by atoms with Gasteiger partial charge in [-0.15, -0.1) is 10.2 Å². The molecule has 4 aliphatic rings. The van der Waals surface area contributed by atoms with Crippen molar-refractivity contribution in [1.29, 1.82) is 0 Å². The van der Waals surface area contributed by atoms with E-state index < -0.39 is 17.4 Å². The summed E-state index contributed by atoms with van der Waals surface area (Å²) in [6.45, 7) is 20.2. The molecule has 6 rings (SSSR count). The third-order valence-electron chi connectivity index (χ3n) is 15.5. The normalized spacial score (nSPS) is 33.7. The van der Waals surface area contributed by atoms with Gasteiger partial charge < -0.3 is 14.3 Å². The molecule has 1 heterocycles. The van der Waals surface area contributed by atoms with E-state index in [4.69, 9.17) is 25.9 Å². The molecule has 52 heavy (non-hydrogen) atoms. The average Bonchev–Trinajstić information content (AvgIpc) is 3.72. The number of carbonyl (C=O) groups is 2. The fraction of sp³-hybridized carbons (Fsp3) is 0.727. The standard InChI is InChI=1S/C44H63ClN2O5/c1-10-31(51-36(48)26-40(5,6)39(49)50)18-20-41(7)28(4)17-21-43(9)34(41)16-15-33-37-32(27(2)3)19-22-44(37,24-23-42(33,43)8)38-47-46-35(52-38)25-29-11-13-30(45)14-12-29/h11-14,27-28,31,33-34H,10,15-26H2,1-9H3,(H,49,50)/t28-,31-,33-,34-,41+,42-,43-,44+/m1/s1. The van der Waals surface area contributed by atoms with Gasteiger partial charge in [0.2, 0.25) is 11.8 Å². The lowest BCUT2D eigenvalue weighted by Crippen LogP contribution is -2.62. The van der Waals surface area contributed by atoms with Crippen LogP contribution in [0.25, 0.3) is 0 Å². The predicted molar refractivity (Wildman–Crippen MR) is 205 cm³/mol. The Morgan fingerprint density at radius 2 is 1.73 bits per heavy atom. The molecule has 3 saturated carbocycles. The van der Waals surface area contributed by atoms with E-state index in [1.54, 1.807) is 25.0 Å². The van der Waals surface area contributed by atoms with Crippen molar-refractivity contribution in [1.82, 2.24) is 10.2 Å². The van der Waals surface area contributed by atoms with Gasteiger partial charge in [0.15, 0.2) is 0 Å². The monoisotopic (exact) mass is 734 g/mol. The van der Waals surface area contributed by atoms with Gasteiger partial charge in [-0.25, -0.2) is 0 Å². The van der Waals surface area contributed by atoms with Gasteiger partial charge in [0.1, 0.15) is 6.10 Å². The lowest BCUT2D eigenvalue weighted by molar-refractivity contribution is -0.184. The zero-order valence-electron chi connectivity index (χ0n) is 33.2. The number of carboxylic acid groups (broad SMARTS) is 1. The highest BCUT2D eigenvalue weighted by Crippen LogP contribution is 2.75. The van der Waals surface area contributed by atoms with Crippen molar-refractivity contribution in [3.63, 3.8) is 0 Å². The minimum absolute atomic E-state index is 0.115. The molecule has 0 saturated heterocycles. The topological polar surface area (TPSA) is 103 Å². The Morgan fingerprint density at radius 1 is 1.02 bits per heavy atom. The fourth-order valence-electron chi connectivity index (χ4n) is 11.7. The second-order valence-electron chi connectivity index (χ2n) is 18.9. The Hall–Kier alpha value is -2.67. The first-order valence-corrected chi connectivity index (χ1v) is 20.5. The number of fused-ring (bicyclic) bond motifs is 5. The quantitative estimate of drug-likeness (QED) is 0.171. The highest BCUT2D eigenvalue weighted by Gasteiger charge is 2.67. The Kier molecular flexibility index (Phi) is 10.7. The molecule has 7 nitrogen and oxygen atoms in total. The van der Waals surface area contributed by atoms with Gasteiger partial charge in [-0.1, -0.05) is 83.3 Å². The second kappa shape index (κ2) is 14.2. The van der Waals surface area contributed by atoms with E-state index in [0.29, 0.717) is 36.0 Å². The Bertz CT molecular complexity index is 1680. The second-order valence-corrected chi connectivity index (χ2v) is 19.3. The van der Waals surface area contributed by atoms with Gasteiger partial charge in [-0.05, 0) is 142 Å². The summed E-state index contributed by atoms with van der Waals surface area (Å²) >= 11 is 6.15. The van der Waals surface area contributed by atoms with E-state index in [1.807, 2.05) is 24.3 Å². The highest BCUT2D eigenvalue weighted by molar-refractivity contribution is 6.30. The Labute approximate surface area is 317 Å². The molecule has 0 radical (unpaired) electrons. The number of ether oxygens (including phenoxy) is 1. The van der Waals surface area contributed by atoms with Crippen LogP contribution in [0.3, 0.4) is 0 Å². The van der Waals surface area contributed by atoms with Crippen LogP contribution >= 0.6 is 11.6 Å². The van der Waals surface area contributed by atoms with Gasteiger partial charge in [0.25, 0.3) is 0 Å². The van der Waals surface area contributed by atoms with Gasteiger partial charge in [0, 0.05) is 5.02 Å². The molecular formula is C44H63ClN2O5. The summed E-state index contributed by atoms with van der Waals surface area (Å²) in [5.41, 5.74) is 3.48. The van der Waals surface area contributed by atoms with Crippen LogP contribution in [0, 0.1) is 45.3 Å². The number of hydrogen-bond donors (Lipinski definition) is 1. The van der Waals surface area contributed by atoms with Crippen LogP contribution in [0.5, 0.6) is 0 Å². The van der Waals surface area contributed by atoms with Crippen molar-refractivity contribution < 1.29 is 23.8 Å². The number of rotatable bonds is 12. The average molecular weight is 735 g/mol. The predicted octanol–water partition coefficient (Wildman–Crippen LogP) is 11.2. The molecular weight excluding hydrogens is 672 g/mol. The number of aromatic nitrogens is 2. The number of allylic oxidation sites excluding steroid dienone is 2. The molecule has 1 aromatic carbocycles. The van der Waals surface area contributed by atoms with Crippen LogP contribution in [0.4, 0.5) is 0 Å². The number of carboxylic acids is 1. The minimum atomic E-state index is -1.14. The summed E-state index contributed by atoms with van der Waals surface area (Å²) in [5.74, 6) is 2.21. The Balaban J connectivity index is 1.26. The first-order chi connectivity index (χ1) is 24.4. The van der Waals surface area contributed by atoms with Crippen LogP contribution in [0.15, 0.2) is 39.8 Å². The molecule has 4 aliphatic carbocycles. The third-order valence-corrected chi connectivity index (χ3v) is 15.7. The molecule has 0 aliphatic heterocycles. The first kappa shape index (κ1) is 39.0. The zero-order chi connectivity index (χ0) is 37.9. The summed E-state index contributed by atoms with van der Waals surface area (Å²) < 4.78 is 12.6. The summed E-state index contributed by atoms with van der Waals surface area (Å²) in [4.78, 5) is 24.5. The smallest absolute Gasteiger partial charge is 0.309 e. The SMILES string of the molecule is CC[C@H](CC[C@@]1(C)[C@H](C)CC[C@]2(C)[C@@H]1CC[C@@H]1C3=C(C(C)C)CC[C@]3(c3nnc(Cc4ccc(Cl)cc4)o3)CC[C@]12C)OC(=O)CC(C)(C)C(=O)O. The molecule has 1 N–H and O–H groups in total. The summed E-state index contributed by atoms with van der Waals surface area (Å²) in [5, 5.41) is 19.7. The van der Waals surface area contributed by atoms with E-state index in [0.717, 1.165) is 61.4 Å². The molecule has 286 valence electrons. The number of benzene rings is 1.